The number of rotatable bonds is 5. The van der Waals surface area contributed by atoms with Crippen LogP contribution in [0, 0.1) is 12.7 Å². The van der Waals surface area contributed by atoms with Crippen molar-refractivity contribution in [3.63, 3.8) is 0 Å². The van der Waals surface area contributed by atoms with Gasteiger partial charge in [0.25, 0.3) is 0 Å². The second-order valence-electron chi connectivity index (χ2n) is 5.28. The minimum atomic E-state index is -0.211. The molecular weight excluding hydrogens is 295 g/mol. The van der Waals surface area contributed by atoms with Crippen molar-refractivity contribution in [1.29, 1.82) is 0 Å². The van der Waals surface area contributed by atoms with E-state index in [-0.39, 0.29) is 11.7 Å². The zero-order chi connectivity index (χ0) is 16.2. The molecule has 0 saturated heterocycles. The number of H-pyrrole nitrogens is 1. The molecule has 1 aromatic carbocycles. The number of benzene rings is 1. The normalized spacial score (nSPS) is 12.1. The molecule has 23 heavy (non-hydrogen) atoms. The third kappa shape index (κ3) is 3.21. The van der Waals surface area contributed by atoms with Crippen molar-refractivity contribution < 1.29 is 9.13 Å². The van der Waals surface area contributed by atoms with Crippen LogP contribution in [-0.4, -0.2) is 27.0 Å². The summed E-state index contributed by atoms with van der Waals surface area (Å²) in [5, 5.41) is 0. The Morgan fingerprint density at radius 3 is 2.91 bits per heavy atom. The third-order valence-electron chi connectivity index (χ3n) is 3.78. The Morgan fingerprint density at radius 1 is 1.30 bits per heavy atom. The smallest absolute Gasteiger partial charge is 0.316 e. The Labute approximate surface area is 133 Å². The predicted octanol–water partition coefficient (Wildman–Crippen LogP) is 3.03. The van der Waals surface area contributed by atoms with E-state index in [1.165, 1.54) is 7.11 Å². The fourth-order valence-corrected chi connectivity index (χ4v) is 2.58. The predicted molar refractivity (Wildman–Crippen MR) is 83.9 cm³/mol. The van der Waals surface area contributed by atoms with Crippen LogP contribution in [0.25, 0.3) is 0 Å². The first kappa shape index (κ1) is 15.1. The molecule has 118 valence electrons. The van der Waals surface area contributed by atoms with Crippen LogP contribution < -0.4 is 4.74 Å². The van der Waals surface area contributed by atoms with Gasteiger partial charge in [-0.2, -0.15) is 0 Å². The van der Waals surface area contributed by atoms with Gasteiger partial charge in [-0.25, -0.2) is 19.3 Å². The Hall–Kier alpha value is -2.76. The van der Waals surface area contributed by atoms with E-state index in [1.54, 1.807) is 43.8 Å². The SMILES string of the molecule is COc1nccc(CC(c2cnc[nH]2)c2cccc(C)c2F)n1. The lowest BCUT2D eigenvalue weighted by Gasteiger charge is -2.17. The van der Waals surface area contributed by atoms with Crippen molar-refractivity contribution in [2.24, 2.45) is 0 Å². The van der Waals surface area contributed by atoms with Crippen molar-refractivity contribution in [3.05, 3.63) is 71.3 Å². The van der Waals surface area contributed by atoms with Crippen LogP contribution in [0.1, 0.15) is 28.4 Å². The molecule has 1 N–H and O–H groups in total. The first-order valence-electron chi connectivity index (χ1n) is 7.28. The van der Waals surface area contributed by atoms with Gasteiger partial charge in [-0.05, 0) is 24.1 Å². The van der Waals surface area contributed by atoms with Crippen molar-refractivity contribution >= 4 is 0 Å². The summed E-state index contributed by atoms with van der Waals surface area (Å²) in [6, 6.07) is 7.52. The molecule has 0 aliphatic heterocycles. The van der Waals surface area contributed by atoms with Gasteiger partial charge in [0, 0.05) is 36.1 Å². The van der Waals surface area contributed by atoms with E-state index >= 15 is 0 Å². The second-order valence-corrected chi connectivity index (χ2v) is 5.28. The molecule has 5 nitrogen and oxygen atoms in total. The minimum absolute atomic E-state index is 0.201. The molecule has 6 heteroatoms. The lowest BCUT2D eigenvalue weighted by Crippen LogP contribution is -2.10. The molecule has 0 radical (unpaired) electrons. The number of hydrogen-bond acceptors (Lipinski definition) is 4. The molecule has 0 amide bonds. The molecule has 3 rings (SSSR count). The average molecular weight is 312 g/mol. The number of halogens is 1. The number of aromatic amines is 1. The third-order valence-corrected chi connectivity index (χ3v) is 3.78. The van der Waals surface area contributed by atoms with Crippen molar-refractivity contribution in [2.75, 3.05) is 7.11 Å². The largest absolute Gasteiger partial charge is 0.467 e. The average Bonchev–Trinajstić information content (AvgIpc) is 3.10. The van der Waals surface area contributed by atoms with Gasteiger partial charge in [-0.15, -0.1) is 0 Å². The van der Waals surface area contributed by atoms with Crippen LogP contribution in [0.15, 0.2) is 43.0 Å². The number of imidazole rings is 1. The van der Waals surface area contributed by atoms with Gasteiger partial charge in [0.15, 0.2) is 0 Å². The molecule has 0 spiro atoms. The van der Waals surface area contributed by atoms with E-state index in [4.69, 9.17) is 4.74 Å². The van der Waals surface area contributed by atoms with E-state index in [0.717, 1.165) is 11.4 Å². The van der Waals surface area contributed by atoms with Gasteiger partial charge in [-0.1, -0.05) is 18.2 Å². The first-order chi connectivity index (χ1) is 11.2. The molecule has 0 aliphatic carbocycles. The van der Waals surface area contributed by atoms with Crippen LogP contribution >= 0.6 is 0 Å². The summed E-state index contributed by atoms with van der Waals surface area (Å²) in [6.45, 7) is 1.76. The molecule has 0 fully saturated rings. The summed E-state index contributed by atoms with van der Waals surface area (Å²) in [5.74, 6) is -0.412. The van der Waals surface area contributed by atoms with Crippen LogP contribution in [0.5, 0.6) is 6.01 Å². The lowest BCUT2D eigenvalue weighted by atomic mass is 9.90. The van der Waals surface area contributed by atoms with E-state index in [9.17, 15) is 4.39 Å². The maximum absolute atomic E-state index is 14.6. The zero-order valence-electron chi connectivity index (χ0n) is 13.0. The van der Waals surface area contributed by atoms with E-state index in [0.29, 0.717) is 23.6 Å². The van der Waals surface area contributed by atoms with Gasteiger partial charge >= 0.3 is 6.01 Å². The van der Waals surface area contributed by atoms with Crippen LogP contribution in [-0.2, 0) is 6.42 Å². The number of ether oxygens (including phenoxy) is 1. The van der Waals surface area contributed by atoms with Gasteiger partial charge in [0.05, 0.1) is 13.4 Å². The Balaban J connectivity index is 2.01. The van der Waals surface area contributed by atoms with Crippen molar-refractivity contribution in [3.8, 4) is 6.01 Å². The fraction of sp³-hybridized carbons (Fsp3) is 0.235. The molecular formula is C17H17FN4O. The summed E-state index contributed by atoms with van der Waals surface area (Å²) in [4.78, 5) is 15.5. The van der Waals surface area contributed by atoms with Crippen LogP contribution in [0.3, 0.4) is 0 Å². The molecule has 1 unspecified atom stereocenters. The van der Waals surface area contributed by atoms with E-state index in [1.807, 2.05) is 6.07 Å². The topological polar surface area (TPSA) is 63.7 Å². The highest BCUT2D eigenvalue weighted by molar-refractivity contribution is 5.34. The molecule has 3 aromatic rings. The summed E-state index contributed by atoms with van der Waals surface area (Å²) < 4.78 is 19.7. The highest BCUT2D eigenvalue weighted by Gasteiger charge is 2.21. The zero-order valence-corrected chi connectivity index (χ0v) is 13.0. The van der Waals surface area contributed by atoms with E-state index < -0.39 is 0 Å². The second kappa shape index (κ2) is 6.56. The fourth-order valence-electron chi connectivity index (χ4n) is 2.58. The minimum Gasteiger partial charge on any atom is -0.467 e. The standard InChI is InChI=1S/C17H17FN4O/c1-11-4-3-5-13(16(11)18)14(15-9-19-10-21-15)8-12-6-7-20-17(22-12)23-2/h3-7,9-10,14H,8H2,1-2H3,(H,19,21). The Bertz CT molecular complexity index is 789. The summed E-state index contributed by atoms with van der Waals surface area (Å²) >= 11 is 0. The molecule has 0 saturated carbocycles. The van der Waals surface area contributed by atoms with Crippen LogP contribution in [0.2, 0.25) is 0 Å². The van der Waals surface area contributed by atoms with E-state index in [2.05, 4.69) is 19.9 Å². The summed E-state index contributed by atoms with van der Waals surface area (Å²) in [5.41, 5.74) is 2.85. The number of nitrogens with one attached hydrogen (secondary N) is 1. The monoisotopic (exact) mass is 312 g/mol. The number of aryl methyl sites for hydroxylation is 1. The molecule has 0 bridgehead atoms. The number of nitrogens with zero attached hydrogens (tertiary/aromatic N) is 3. The van der Waals surface area contributed by atoms with Crippen molar-refractivity contribution in [2.45, 2.75) is 19.3 Å². The summed E-state index contributed by atoms with van der Waals surface area (Å²) in [6.07, 6.45) is 5.46. The number of aromatic nitrogens is 4. The number of methoxy groups -OCH3 is 1. The Kier molecular flexibility index (Phi) is 4.32. The summed E-state index contributed by atoms with van der Waals surface area (Å²) in [7, 11) is 1.52. The maximum Gasteiger partial charge on any atom is 0.316 e. The first-order valence-corrected chi connectivity index (χ1v) is 7.28. The highest BCUT2D eigenvalue weighted by atomic mass is 19.1. The molecule has 2 heterocycles. The molecule has 2 aromatic heterocycles. The molecule has 0 aliphatic rings. The van der Waals surface area contributed by atoms with Gasteiger partial charge in [-0.3, -0.25) is 0 Å². The quantitative estimate of drug-likeness (QED) is 0.786. The van der Waals surface area contributed by atoms with Crippen molar-refractivity contribution in [1.82, 2.24) is 19.9 Å². The highest BCUT2D eigenvalue weighted by Crippen LogP contribution is 2.29. The Morgan fingerprint density at radius 2 is 2.17 bits per heavy atom. The number of hydrogen-bond donors (Lipinski definition) is 1. The van der Waals surface area contributed by atoms with Gasteiger partial charge in [0.1, 0.15) is 5.82 Å². The lowest BCUT2D eigenvalue weighted by molar-refractivity contribution is 0.377. The van der Waals surface area contributed by atoms with Crippen LogP contribution in [0.4, 0.5) is 4.39 Å². The van der Waals surface area contributed by atoms with Gasteiger partial charge in [0.2, 0.25) is 0 Å². The maximum atomic E-state index is 14.6. The van der Waals surface area contributed by atoms with Gasteiger partial charge < -0.3 is 9.72 Å². The molecule has 1 atom stereocenters.